The van der Waals surface area contributed by atoms with E-state index in [4.69, 9.17) is 11.5 Å². The third-order valence-electron chi connectivity index (χ3n) is 1.34. The predicted octanol–water partition coefficient (Wildman–Crippen LogP) is 0.839. The van der Waals surface area contributed by atoms with Crippen LogP contribution in [0.4, 0.5) is 0 Å². The maximum absolute atomic E-state index is 5.19. The van der Waals surface area contributed by atoms with Gasteiger partial charge in [0, 0.05) is 0 Å². The molecule has 4 N–H and O–H groups in total. The molecule has 0 saturated heterocycles. The van der Waals surface area contributed by atoms with Crippen LogP contribution in [0.1, 0.15) is 33.1 Å². The molecule has 0 spiro atoms. The second-order valence-electron chi connectivity index (χ2n) is 2.55. The minimum Gasteiger partial charge on any atom is -0.370 e. The van der Waals surface area contributed by atoms with Crippen molar-refractivity contribution in [3.05, 3.63) is 0 Å². The molecule has 0 heterocycles. The van der Waals surface area contributed by atoms with Crippen LogP contribution in [0.5, 0.6) is 0 Å². The van der Waals surface area contributed by atoms with E-state index in [1.54, 1.807) is 0 Å². The first-order valence-corrected chi connectivity index (χ1v) is 3.75. The van der Waals surface area contributed by atoms with Gasteiger partial charge in [-0.05, 0) is 13.3 Å². The van der Waals surface area contributed by atoms with Crippen LogP contribution < -0.4 is 11.5 Å². The van der Waals surface area contributed by atoms with Gasteiger partial charge in [-0.2, -0.15) is 0 Å². The SMILES string of the molecule is CCCCC(C)N=C(N)N. The van der Waals surface area contributed by atoms with Gasteiger partial charge in [0.1, 0.15) is 0 Å². The average Bonchev–Trinajstić information content (AvgIpc) is 1.82. The maximum atomic E-state index is 5.19. The molecule has 0 rings (SSSR count). The molecule has 60 valence electrons. The standard InChI is InChI=1S/C7H17N3/c1-3-4-5-6(2)10-7(8)9/h6H,3-5H2,1-2H3,(H4,8,9,10). The monoisotopic (exact) mass is 143 g/mol. The number of nitrogens with two attached hydrogens (primary N) is 2. The first kappa shape index (κ1) is 9.27. The van der Waals surface area contributed by atoms with Crippen molar-refractivity contribution >= 4 is 5.96 Å². The van der Waals surface area contributed by atoms with Crippen LogP contribution in [0.25, 0.3) is 0 Å². The van der Waals surface area contributed by atoms with Gasteiger partial charge in [0.05, 0.1) is 6.04 Å². The minimum absolute atomic E-state index is 0.198. The summed E-state index contributed by atoms with van der Waals surface area (Å²) in [6.07, 6.45) is 3.47. The zero-order valence-corrected chi connectivity index (χ0v) is 6.80. The molecule has 0 aromatic heterocycles. The number of hydrogen-bond donors (Lipinski definition) is 2. The van der Waals surface area contributed by atoms with Crippen LogP contribution in [-0.4, -0.2) is 12.0 Å². The number of hydrogen-bond acceptors (Lipinski definition) is 1. The highest BCUT2D eigenvalue weighted by atomic mass is 15.0. The Kier molecular flexibility index (Phi) is 4.72. The molecule has 0 amide bonds. The molecule has 0 aliphatic carbocycles. The number of rotatable bonds is 4. The van der Waals surface area contributed by atoms with E-state index in [0.717, 1.165) is 6.42 Å². The van der Waals surface area contributed by atoms with Crippen LogP contribution in [0.15, 0.2) is 4.99 Å². The van der Waals surface area contributed by atoms with E-state index in [9.17, 15) is 0 Å². The fourth-order valence-corrected chi connectivity index (χ4v) is 0.819. The second kappa shape index (κ2) is 5.09. The topological polar surface area (TPSA) is 64.4 Å². The fraction of sp³-hybridized carbons (Fsp3) is 0.857. The number of aliphatic imine (C=N–C) groups is 1. The van der Waals surface area contributed by atoms with Crippen molar-refractivity contribution in [2.45, 2.75) is 39.2 Å². The Balaban J connectivity index is 3.43. The Morgan fingerprint density at radius 1 is 1.50 bits per heavy atom. The zero-order chi connectivity index (χ0) is 7.98. The number of guanidine groups is 1. The van der Waals surface area contributed by atoms with Gasteiger partial charge in [-0.15, -0.1) is 0 Å². The van der Waals surface area contributed by atoms with Gasteiger partial charge in [0.2, 0.25) is 0 Å². The normalized spacial score (nSPS) is 12.6. The smallest absolute Gasteiger partial charge is 0.186 e. The third kappa shape index (κ3) is 5.41. The summed E-state index contributed by atoms with van der Waals surface area (Å²) in [6, 6.07) is 0.282. The Morgan fingerprint density at radius 3 is 2.50 bits per heavy atom. The molecule has 0 aromatic carbocycles. The fourth-order valence-electron chi connectivity index (χ4n) is 0.819. The molecule has 0 bridgehead atoms. The van der Waals surface area contributed by atoms with Gasteiger partial charge < -0.3 is 11.5 Å². The molecular formula is C7H17N3. The quantitative estimate of drug-likeness (QED) is 0.452. The van der Waals surface area contributed by atoms with Crippen molar-refractivity contribution in [2.75, 3.05) is 0 Å². The Hall–Kier alpha value is -0.730. The van der Waals surface area contributed by atoms with E-state index in [2.05, 4.69) is 11.9 Å². The van der Waals surface area contributed by atoms with Crippen molar-refractivity contribution in [2.24, 2.45) is 16.5 Å². The summed E-state index contributed by atoms with van der Waals surface area (Å²) in [5.74, 6) is 0.198. The van der Waals surface area contributed by atoms with E-state index >= 15 is 0 Å². The summed E-state index contributed by atoms with van der Waals surface area (Å²) in [5.41, 5.74) is 10.4. The van der Waals surface area contributed by atoms with Crippen LogP contribution >= 0.6 is 0 Å². The van der Waals surface area contributed by atoms with Gasteiger partial charge in [0.15, 0.2) is 5.96 Å². The number of nitrogens with zero attached hydrogens (tertiary/aromatic N) is 1. The van der Waals surface area contributed by atoms with Gasteiger partial charge in [-0.1, -0.05) is 19.8 Å². The molecule has 1 unspecified atom stereocenters. The van der Waals surface area contributed by atoms with Crippen molar-refractivity contribution in [3.8, 4) is 0 Å². The summed E-state index contributed by atoms with van der Waals surface area (Å²) in [6.45, 7) is 4.18. The second-order valence-corrected chi connectivity index (χ2v) is 2.55. The van der Waals surface area contributed by atoms with E-state index in [1.807, 2.05) is 6.92 Å². The van der Waals surface area contributed by atoms with Gasteiger partial charge >= 0.3 is 0 Å². The van der Waals surface area contributed by atoms with Crippen LogP contribution in [-0.2, 0) is 0 Å². The molecule has 1 atom stereocenters. The van der Waals surface area contributed by atoms with E-state index in [1.165, 1.54) is 12.8 Å². The molecule has 3 nitrogen and oxygen atoms in total. The van der Waals surface area contributed by atoms with Gasteiger partial charge in [-0.3, -0.25) is 4.99 Å². The average molecular weight is 143 g/mol. The summed E-state index contributed by atoms with van der Waals surface area (Å²) >= 11 is 0. The molecule has 3 heteroatoms. The summed E-state index contributed by atoms with van der Waals surface area (Å²) in [7, 11) is 0. The lowest BCUT2D eigenvalue weighted by Crippen LogP contribution is -2.24. The molecule has 0 saturated carbocycles. The van der Waals surface area contributed by atoms with Crippen molar-refractivity contribution in [1.29, 1.82) is 0 Å². The van der Waals surface area contributed by atoms with Crippen LogP contribution in [0, 0.1) is 0 Å². The van der Waals surface area contributed by atoms with Gasteiger partial charge in [0.25, 0.3) is 0 Å². The first-order valence-electron chi connectivity index (χ1n) is 3.75. The molecule has 0 fully saturated rings. The molecular weight excluding hydrogens is 126 g/mol. The Bertz CT molecular complexity index is 105. The molecule has 0 aliphatic heterocycles. The van der Waals surface area contributed by atoms with Crippen LogP contribution in [0.3, 0.4) is 0 Å². The maximum Gasteiger partial charge on any atom is 0.186 e. The highest BCUT2D eigenvalue weighted by Gasteiger charge is 1.96. The molecule has 0 aromatic rings. The highest BCUT2D eigenvalue weighted by molar-refractivity contribution is 5.75. The van der Waals surface area contributed by atoms with Crippen LogP contribution in [0.2, 0.25) is 0 Å². The van der Waals surface area contributed by atoms with Crippen molar-refractivity contribution in [3.63, 3.8) is 0 Å². The first-order chi connectivity index (χ1) is 4.66. The van der Waals surface area contributed by atoms with E-state index < -0.39 is 0 Å². The summed E-state index contributed by atoms with van der Waals surface area (Å²) in [4.78, 5) is 3.99. The third-order valence-corrected chi connectivity index (χ3v) is 1.34. The predicted molar refractivity (Wildman–Crippen MR) is 44.8 cm³/mol. The summed E-state index contributed by atoms with van der Waals surface area (Å²) in [5, 5.41) is 0. The van der Waals surface area contributed by atoms with E-state index in [0.29, 0.717) is 0 Å². The molecule has 0 radical (unpaired) electrons. The largest absolute Gasteiger partial charge is 0.370 e. The van der Waals surface area contributed by atoms with Crippen molar-refractivity contribution in [1.82, 2.24) is 0 Å². The molecule has 10 heavy (non-hydrogen) atoms. The van der Waals surface area contributed by atoms with Gasteiger partial charge in [-0.25, -0.2) is 0 Å². The zero-order valence-electron chi connectivity index (χ0n) is 6.80. The lowest BCUT2D eigenvalue weighted by atomic mass is 10.1. The van der Waals surface area contributed by atoms with E-state index in [-0.39, 0.29) is 12.0 Å². The lowest BCUT2D eigenvalue weighted by molar-refractivity contribution is 0.617. The Labute approximate surface area is 62.5 Å². The minimum atomic E-state index is 0.198. The Morgan fingerprint density at radius 2 is 2.10 bits per heavy atom. The van der Waals surface area contributed by atoms with Crippen molar-refractivity contribution < 1.29 is 0 Å². The summed E-state index contributed by atoms with van der Waals surface area (Å²) < 4.78 is 0. The number of unbranched alkanes of at least 4 members (excludes halogenated alkanes) is 1. The highest BCUT2D eigenvalue weighted by Crippen LogP contribution is 2.02. The lowest BCUT2D eigenvalue weighted by Gasteiger charge is -2.03. The molecule has 0 aliphatic rings.